The van der Waals surface area contributed by atoms with Gasteiger partial charge in [0.05, 0.1) is 11.2 Å². The molecule has 0 radical (unpaired) electrons. The molecular weight excluding hydrogens is 241 g/mol. The molecule has 0 bridgehead atoms. The minimum Gasteiger partial charge on any atom is -0.390 e. The Balaban J connectivity index is 1.94. The monoisotopic (exact) mass is 258 g/mol. The van der Waals surface area contributed by atoms with Gasteiger partial charge in [-0.2, -0.15) is 13.2 Å². The molecule has 0 atom stereocenters. The van der Waals surface area contributed by atoms with E-state index in [1.807, 2.05) is 0 Å². The van der Waals surface area contributed by atoms with E-state index < -0.39 is 17.3 Å². The Morgan fingerprint density at radius 1 is 1.06 bits per heavy atom. The second kappa shape index (κ2) is 4.92. The van der Waals surface area contributed by atoms with E-state index in [0.717, 1.165) is 43.4 Å². The average molecular weight is 258 g/mol. The number of halogens is 3. The van der Waals surface area contributed by atoms with Crippen molar-refractivity contribution in [3.8, 4) is 0 Å². The van der Waals surface area contributed by atoms with Crippen LogP contribution in [0.2, 0.25) is 0 Å². The maximum atomic E-state index is 12.4. The van der Waals surface area contributed by atoms with Crippen LogP contribution < -0.4 is 0 Å². The van der Waals surface area contributed by atoms with Crippen LogP contribution in [0.3, 0.4) is 0 Å². The van der Waals surface area contributed by atoms with Crippen LogP contribution in [0.25, 0.3) is 0 Å². The highest BCUT2D eigenvalue weighted by Gasteiger charge is 2.31. The molecule has 0 unspecified atom stereocenters. The van der Waals surface area contributed by atoms with Gasteiger partial charge in [0, 0.05) is 0 Å². The normalized spacial score (nSPS) is 19.1. The molecule has 1 fully saturated rings. The highest BCUT2D eigenvalue weighted by atomic mass is 19.4. The van der Waals surface area contributed by atoms with Crippen LogP contribution in [0, 0.1) is 0 Å². The third-order valence-electron chi connectivity index (χ3n) is 3.69. The van der Waals surface area contributed by atoms with Crippen LogP contribution in [-0.2, 0) is 12.6 Å². The Morgan fingerprint density at radius 3 is 2.11 bits per heavy atom. The van der Waals surface area contributed by atoms with Crippen molar-refractivity contribution >= 4 is 0 Å². The van der Waals surface area contributed by atoms with Gasteiger partial charge >= 0.3 is 6.18 Å². The number of alkyl halides is 3. The lowest BCUT2D eigenvalue weighted by Crippen LogP contribution is -2.24. The molecule has 1 saturated carbocycles. The maximum absolute atomic E-state index is 12.4. The Bertz CT molecular complexity index is 388. The molecule has 0 saturated heterocycles. The van der Waals surface area contributed by atoms with Crippen LogP contribution in [0.1, 0.15) is 43.2 Å². The number of rotatable bonds is 3. The van der Waals surface area contributed by atoms with Crippen molar-refractivity contribution in [2.75, 3.05) is 0 Å². The van der Waals surface area contributed by atoms with Gasteiger partial charge in [0.15, 0.2) is 0 Å². The molecule has 0 spiro atoms. The van der Waals surface area contributed by atoms with E-state index in [1.165, 1.54) is 12.1 Å². The zero-order chi connectivity index (χ0) is 13.2. The Morgan fingerprint density at radius 2 is 1.61 bits per heavy atom. The molecule has 0 aromatic heterocycles. The molecule has 100 valence electrons. The highest BCUT2D eigenvalue weighted by molar-refractivity contribution is 5.24. The van der Waals surface area contributed by atoms with E-state index in [-0.39, 0.29) is 0 Å². The summed E-state index contributed by atoms with van der Waals surface area (Å²) in [7, 11) is 0. The van der Waals surface area contributed by atoms with E-state index >= 15 is 0 Å². The molecule has 1 aliphatic carbocycles. The van der Waals surface area contributed by atoms with Gasteiger partial charge in [0.1, 0.15) is 0 Å². The first-order valence-electron chi connectivity index (χ1n) is 6.28. The Kier molecular flexibility index (Phi) is 3.66. The number of benzene rings is 1. The van der Waals surface area contributed by atoms with E-state index in [9.17, 15) is 18.3 Å². The molecule has 4 heteroatoms. The molecule has 1 N–H and O–H groups in total. The predicted octanol–water partition coefficient (Wildman–Crippen LogP) is 3.94. The lowest BCUT2D eigenvalue weighted by Gasteiger charge is -2.21. The topological polar surface area (TPSA) is 20.2 Å². The molecule has 2 rings (SSSR count). The third-order valence-corrected chi connectivity index (χ3v) is 3.69. The first kappa shape index (κ1) is 13.4. The summed E-state index contributed by atoms with van der Waals surface area (Å²) in [5.41, 5.74) is -0.364. The summed E-state index contributed by atoms with van der Waals surface area (Å²) in [6.45, 7) is 0. The van der Waals surface area contributed by atoms with Gasteiger partial charge in [0.2, 0.25) is 0 Å². The zero-order valence-corrected chi connectivity index (χ0v) is 10.1. The molecule has 1 aromatic rings. The standard InChI is InChI=1S/C14H17F3O/c15-14(16,17)12-5-3-11(4-6-12)7-10-13(18)8-1-2-9-13/h3-6,18H,1-2,7-10H2. The predicted molar refractivity (Wildman–Crippen MR) is 63.2 cm³/mol. The van der Waals surface area contributed by atoms with Crippen LogP contribution in [-0.4, -0.2) is 10.7 Å². The largest absolute Gasteiger partial charge is 0.416 e. The molecule has 18 heavy (non-hydrogen) atoms. The molecule has 1 nitrogen and oxygen atoms in total. The van der Waals surface area contributed by atoms with Crippen LogP contribution in [0.15, 0.2) is 24.3 Å². The summed E-state index contributed by atoms with van der Waals surface area (Å²) in [5, 5.41) is 10.2. The number of aryl methyl sites for hydroxylation is 1. The highest BCUT2D eigenvalue weighted by Crippen LogP contribution is 2.34. The van der Waals surface area contributed by atoms with Gasteiger partial charge in [-0.05, 0) is 43.4 Å². The van der Waals surface area contributed by atoms with E-state index in [1.54, 1.807) is 0 Å². The molecule has 0 heterocycles. The first-order valence-corrected chi connectivity index (χ1v) is 6.28. The van der Waals surface area contributed by atoms with Crippen molar-refractivity contribution in [3.05, 3.63) is 35.4 Å². The van der Waals surface area contributed by atoms with Crippen molar-refractivity contribution in [2.24, 2.45) is 0 Å². The van der Waals surface area contributed by atoms with Gasteiger partial charge in [0.25, 0.3) is 0 Å². The number of hydrogen-bond acceptors (Lipinski definition) is 1. The molecule has 0 aliphatic heterocycles. The Hall–Kier alpha value is -1.03. The van der Waals surface area contributed by atoms with Crippen molar-refractivity contribution in [1.82, 2.24) is 0 Å². The van der Waals surface area contributed by atoms with Gasteiger partial charge in [-0.25, -0.2) is 0 Å². The fraction of sp³-hybridized carbons (Fsp3) is 0.571. The van der Waals surface area contributed by atoms with Gasteiger partial charge in [-0.3, -0.25) is 0 Å². The van der Waals surface area contributed by atoms with Crippen LogP contribution in [0.5, 0.6) is 0 Å². The lowest BCUT2D eigenvalue weighted by atomic mass is 9.93. The van der Waals surface area contributed by atoms with Gasteiger partial charge in [-0.1, -0.05) is 25.0 Å². The SMILES string of the molecule is OC1(CCc2ccc(C(F)(F)F)cc2)CCCC1. The second-order valence-corrected chi connectivity index (χ2v) is 5.13. The Labute approximate surface area is 105 Å². The number of aliphatic hydroxyl groups is 1. The summed E-state index contributed by atoms with van der Waals surface area (Å²) in [4.78, 5) is 0. The molecule has 1 aliphatic rings. The quantitative estimate of drug-likeness (QED) is 0.870. The molecule has 1 aromatic carbocycles. The average Bonchev–Trinajstić information content (AvgIpc) is 2.74. The van der Waals surface area contributed by atoms with Crippen molar-refractivity contribution in [3.63, 3.8) is 0 Å². The zero-order valence-electron chi connectivity index (χ0n) is 10.1. The summed E-state index contributed by atoms with van der Waals surface area (Å²) in [5.74, 6) is 0. The first-order chi connectivity index (χ1) is 8.39. The van der Waals surface area contributed by atoms with Gasteiger partial charge in [-0.15, -0.1) is 0 Å². The summed E-state index contributed by atoms with van der Waals surface area (Å²) >= 11 is 0. The van der Waals surface area contributed by atoms with Crippen LogP contribution >= 0.6 is 0 Å². The van der Waals surface area contributed by atoms with E-state index in [4.69, 9.17) is 0 Å². The van der Waals surface area contributed by atoms with Crippen molar-refractivity contribution < 1.29 is 18.3 Å². The van der Waals surface area contributed by atoms with Gasteiger partial charge < -0.3 is 5.11 Å². The summed E-state index contributed by atoms with van der Waals surface area (Å²) in [6.07, 6.45) is 0.712. The van der Waals surface area contributed by atoms with E-state index in [0.29, 0.717) is 12.8 Å². The number of hydrogen-bond donors (Lipinski definition) is 1. The third kappa shape index (κ3) is 3.25. The minimum absolute atomic E-state index is 0.595. The minimum atomic E-state index is -4.28. The van der Waals surface area contributed by atoms with Crippen molar-refractivity contribution in [1.29, 1.82) is 0 Å². The second-order valence-electron chi connectivity index (χ2n) is 5.13. The van der Waals surface area contributed by atoms with Crippen molar-refractivity contribution in [2.45, 2.75) is 50.3 Å². The maximum Gasteiger partial charge on any atom is 0.416 e. The molecular formula is C14H17F3O. The summed E-state index contributed by atoms with van der Waals surface area (Å²) < 4.78 is 37.1. The van der Waals surface area contributed by atoms with E-state index in [2.05, 4.69) is 0 Å². The smallest absolute Gasteiger partial charge is 0.390 e. The molecule has 0 amide bonds. The lowest BCUT2D eigenvalue weighted by molar-refractivity contribution is -0.137. The summed E-state index contributed by atoms with van der Waals surface area (Å²) in [6, 6.07) is 5.21. The fourth-order valence-corrected chi connectivity index (χ4v) is 2.52. The van der Waals surface area contributed by atoms with Crippen LogP contribution in [0.4, 0.5) is 13.2 Å². The fourth-order valence-electron chi connectivity index (χ4n) is 2.52.